The molecule has 2 saturated heterocycles. The molecule has 2 rings (SSSR count). The molecule has 22 heavy (non-hydrogen) atoms. The summed E-state index contributed by atoms with van der Waals surface area (Å²) >= 11 is 0. The summed E-state index contributed by atoms with van der Waals surface area (Å²) in [6.45, 7) is 4.81. The van der Waals surface area contributed by atoms with Crippen LogP contribution in [0.15, 0.2) is 0 Å². The molecule has 5 nitrogen and oxygen atoms in total. The van der Waals surface area contributed by atoms with Crippen LogP contribution < -0.4 is 5.73 Å². The van der Waals surface area contributed by atoms with E-state index in [4.69, 9.17) is 5.73 Å². The topological polar surface area (TPSA) is 66.6 Å². The predicted octanol–water partition coefficient (Wildman–Crippen LogP) is 1.79. The van der Waals surface area contributed by atoms with E-state index in [9.17, 15) is 9.59 Å². The molecule has 0 aromatic rings. The molecule has 0 aromatic carbocycles. The molecule has 2 atom stereocenters. The van der Waals surface area contributed by atoms with Crippen molar-refractivity contribution in [2.75, 3.05) is 26.2 Å². The Bertz CT molecular complexity index is 378. The van der Waals surface area contributed by atoms with Gasteiger partial charge in [-0.25, -0.2) is 0 Å². The summed E-state index contributed by atoms with van der Waals surface area (Å²) in [6.07, 6.45) is 6.57. The molecule has 2 amide bonds. The van der Waals surface area contributed by atoms with Crippen LogP contribution in [0.3, 0.4) is 0 Å². The lowest BCUT2D eigenvalue weighted by Gasteiger charge is -2.40. The van der Waals surface area contributed by atoms with Gasteiger partial charge in [0.05, 0.1) is 5.92 Å². The number of piperidine rings is 2. The summed E-state index contributed by atoms with van der Waals surface area (Å²) in [5.74, 6) is 0.398. The molecule has 0 radical (unpaired) electrons. The molecule has 2 aliphatic rings. The average molecular weight is 332 g/mol. The Kier molecular flexibility index (Phi) is 8.18. The van der Waals surface area contributed by atoms with E-state index >= 15 is 0 Å². The molecule has 128 valence electrons. The lowest BCUT2D eigenvalue weighted by Crippen LogP contribution is -2.53. The number of likely N-dealkylation sites (tertiary alicyclic amines) is 2. The molecule has 0 bridgehead atoms. The fourth-order valence-electron chi connectivity index (χ4n) is 3.55. The number of hydrogen-bond acceptors (Lipinski definition) is 3. The minimum atomic E-state index is -0.0216. The first-order valence-electron chi connectivity index (χ1n) is 8.45. The van der Waals surface area contributed by atoms with E-state index in [-0.39, 0.29) is 36.2 Å². The molecular formula is C16H30ClN3O2. The minimum absolute atomic E-state index is 0. The molecule has 2 fully saturated rings. The molecule has 2 aliphatic heterocycles. The van der Waals surface area contributed by atoms with Crippen LogP contribution in [0.5, 0.6) is 0 Å². The maximum Gasteiger partial charge on any atom is 0.227 e. The third-order valence-electron chi connectivity index (χ3n) is 4.77. The molecule has 6 heteroatoms. The summed E-state index contributed by atoms with van der Waals surface area (Å²) < 4.78 is 0. The van der Waals surface area contributed by atoms with E-state index in [1.807, 2.05) is 16.7 Å². The van der Waals surface area contributed by atoms with Crippen molar-refractivity contribution >= 4 is 24.2 Å². The van der Waals surface area contributed by atoms with Crippen molar-refractivity contribution in [2.24, 2.45) is 11.7 Å². The van der Waals surface area contributed by atoms with Gasteiger partial charge in [0, 0.05) is 38.6 Å². The Morgan fingerprint density at radius 1 is 1.14 bits per heavy atom. The van der Waals surface area contributed by atoms with Gasteiger partial charge in [0.2, 0.25) is 11.8 Å². The van der Waals surface area contributed by atoms with Crippen LogP contribution in [-0.4, -0.2) is 53.8 Å². The van der Waals surface area contributed by atoms with Gasteiger partial charge in [0.15, 0.2) is 0 Å². The maximum absolute atomic E-state index is 12.8. The summed E-state index contributed by atoms with van der Waals surface area (Å²) in [5, 5.41) is 0. The van der Waals surface area contributed by atoms with Crippen molar-refractivity contribution in [3.8, 4) is 0 Å². The molecule has 0 aromatic heterocycles. The van der Waals surface area contributed by atoms with Crippen LogP contribution in [-0.2, 0) is 9.59 Å². The zero-order valence-corrected chi connectivity index (χ0v) is 14.4. The van der Waals surface area contributed by atoms with Gasteiger partial charge in [-0.2, -0.15) is 0 Å². The van der Waals surface area contributed by atoms with Crippen molar-refractivity contribution in [2.45, 2.75) is 57.9 Å². The smallest absolute Gasteiger partial charge is 0.227 e. The van der Waals surface area contributed by atoms with Crippen LogP contribution >= 0.6 is 12.4 Å². The minimum Gasteiger partial charge on any atom is -0.342 e. The van der Waals surface area contributed by atoms with Crippen LogP contribution in [0.1, 0.15) is 51.9 Å². The Balaban J connectivity index is 0.00000242. The third kappa shape index (κ3) is 4.59. The van der Waals surface area contributed by atoms with Crippen molar-refractivity contribution in [3.63, 3.8) is 0 Å². The Hall–Kier alpha value is -0.810. The van der Waals surface area contributed by atoms with Gasteiger partial charge in [-0.1, -0.05) is 6.92 Å². The fraction of sp³-hybridized carbons (Fsp3) is 0.875. The first-order valence-corrected chi connectivity index (χ1v) is 8.45. The largest absolute Gasteiger partial charge is 0.342 e. The number of carbonyl (C=O) groups excluding carboxylic acids is 2. The van der Waals surface area contributed by atoms with Gasteiger partial charge >= 0.3 is 0 Å². The van der Waals surface area contributed by atoms with E-state index in [0.29, 0.717) is 19.5 Å². The van der Waals surface area contributed by atoms with E-state index in [1.54, 1.807) is 0 Å². The van der Waals surface area contributed by atoms with Crippen molar-refractivity contribution < 1.29 is 9.59 Å². The molecule has 2 N–H and O–H groups in total. The van der Waals surface area contributed by atoms with Crippen LogP contribution in [0.25, 0.3) is 0 Å². The zero-order chi connectivity index (χ0) is 15.2. The number of rotatable bonds is 4. The number of nitrogens with two attached hydrogens (primary N) is 1. The van der Waals surface area contributed by atoms with Gasteiger partial charge in [0.25, 0.3) is 0 Å². The lowest BCUT2D eigenvalue weighted by atomic mass is 9.93. The zero-order valence-electron chi connectivity index (χ0n) is 13.6. The molecule has 0 spiro atoms. The van der Waals surface area contributed by atoms with Crippen LogP contribution in [0, 0.1) is 5.92 Å². The van der Waals surface area contributed by atoms with E-state index in [0.717, 1.165) is 51.6 Å². The molecule has 2 heterocycles. The van der Waals surface area contributed by atoms with Crippen molar-refractivity contribution in [1.29, 1.82) is 0 Å². The summed E-state index contributed by atoms with van der Waals surface area (Å²) in [5.41, 5.74) is 5.82. The summed E-state index contributed by atoms with van der Waals surface area (Å²) in [4.78, 5) is 28.7. The Labute approximate surface area is 140 Å². The summed E-state index contributed by atoms with van der Waals surface area (Å²) in [6, 6.07) is 0.202. The van der Waals surface area contributed by atoms with Crippen LogP contribution in [0.4, 0.5) is 0 Å². The van der Waals surface area contributed by atoms with E-state index in [1.165, 1.54) is 0 Å². The second-order valence-corrected chi connectivity index (χ2v) is 6.35. The average Bonchev–Trinajstić information content (AvgIpc) is 2.54. The second kappa shape index (κ2) is 9.36. The molecule has 0 saturated carbocycles. The number of amides is 2. The predicted molar refractivity (Wildman–Crippen MR) is 89.9 cm³/mol. The lowest BCUT2D eigenvalue weighted by molar-refractivity contribution is -0.143. The van der Waals surface area contributed by atoms with E-state index < -0.39 is 0 Å². The van der Waals surface area contributed by atoms with Gasteiger partial charge in [-0.3, -0.25) is 9.59 Å². The quantitative estimate of drug-likeness (QED) is 0.854. The molecular weight excluding hydrogens is 302 g/mol. The van der Waals surface area contributed by atoms with Gasteiger partial charge in [-0.05, 0) is 38.5 Å². The fourth-order valence-corrected chi connectivity index (χ4v) is 3.55. The highest BCUT2D eigenvalue weighted by atomic mass is 35.5. The number of nitrogens with zero attached hydrogens (tertiary/aromatic N) is 2. The molecule has 0 aliphatic carbocycles. The number of hydrogen-bond donors (Lipinski definition) is 1. The monoisotopic (exact) mass is 331 g/mol. The second-order valence-electron chi connectivity index (χ2n) is 6.35. The maximum atomic E-state index is 12.8. The highest BCUT2D eigenvalue weighted by molar-refractivity contribution is 5.85. The highest BCUT2D eigenvalue weighted by Crippen LogP contribution is 2.24. The molecule has 2 unspecified atom stereocenters. The first kappa shape index (κ1) is 19.2. The van der Waals surface area contributed by atoms with Gasteiger partial charge in [0.1, 0.15) is 0 Å². The van der Waals surface area contributed by atoms with Gasteiger partial charge in [-0.15, -0.1) is 12.4 Å². The van der Waals surface area contributed by atoms with E-state index in [2.05, 4.69) is 0 Å². The summed E-state index contributed by atoms with van der Waals surface area (Å²) in [7, 11) is 0. The van der Waals surface area contributed by atoms with Crippen molar-refractivity contribution in [3.05, 3.63) is 0 Å². The van der Waals surface area contributed by atoms with Gasteiger partial charge < -0.3 is 15.5 Å². The number of carbonyl (C=O) groups is 2. The van der Waals surface area contributed by atoms with Crippen molar-refractivity contribution in [1.82, 2.24) is 9.80 Å². The third-order valence-corrected chi connectivity index (χ3v) is 4.77. The standard InChI is InChI=1S/C16H29N3O2.ClH/c1-2-6-15(20)18-9-5-7-13(12-18)16(21)19-10-4-3-8-14(19)11-17;/h13-14H,2-12,17H2,1H3;1H. The SMILES string of the molecule is CCCC(=O)N1CCCC(C(=O)N2CCCCC2CN)C1.Cl. The number of halogens is 1. The normalized spacial score (nSPS) is 25.5. The highest BCUT2D eigenvalue weighted by Gasteiger charge is 2.34. The Morgan fingerprint density at radius 3 is 2.59 bits per heavy atom. The Morgan fingerprint density at radius 2 is 1.91 bits per heavy atom. The first-order chi connectivity index (χ1) is 10.2. The van der Waals surface area contributed by atoms with Crippen LogP contribution in [0.2, 0.25) is 0 Å².